The Hall–Kier alpha value is -3.49. The van der Waals surface area contributed by atoms with Crippen LogP contribution in [0.25, 0.3) is 11.2 Å². The Morgan fingerprint density at radius 3 is 2.57 bits per heavy atom. The summed E-state index contributed by atoms with van der Waals surface area (Å²) in [6.45, 7) is 6.87. The summed E-state index contributed by atoms with van der Waals surface area (Å²) in [4.78, 5) is 31.9. The number of aryl methyl sites for hydroxylation is 2. The molecule has 0 aliphatic rings. The SMILES string of the molecule is CCCCc1nc2cc(NC(=O)NCC)c(C)nc2n1Cc1ccc([N+](=O)[O-])cc1. The number of hydrogen-bond acceptors (Lipinski definition) is 5. The Morgan fingerprint density at radius 2 is 1.93 bits per heavy atom. The molecule has 0 bridgehead atoms. The first-order valence-corrected chi connectivity index (χ1v) is 10.1. The van der Waals surface area contributed by atoms with E-state index in [1.807, 2.05) is 19.9 Å². The van der Waals surface area contributed by atoms with Gasteiger partial charge in [-0.05, 0) is 31.9 Å². The fraction of sp³-hybridized carbons (Fsp3) is 0.381. The monoisotopic (exact) mass is 410 g/mol. The number of non-ortho nitro benzene ring substituents is 1. The zero-order valence-corrected chi connectivity index (χ0v) is 17.4. The van der Waals surface area contributed by atoms with Gasteiger partial charge in [-0.15, -0.1) is 0 Å². The van der Waals surface area contributed by atoms with Gasteiger partial charge in [0.05, 0.1) is 22.8 Å². The summed E-state index contributed by atoms with van der Waals surface area (Å²) in [5, 5.41) is 16.4. The van der Waals surface area contributed by atoms with Gasteiger partial charge in [0.15, 0.2) is 5.65 Å². The van der Waals surface area contributed by atoms with Crippen LogP contribution in [-0.2, 0) is 13.0 Å². The molecule has 158 valence electrons. The molecule has 30 heavy (non-hydrogen) atoms. The van der Waals surface area contributed by atoms with Crippen molar-refractivity contribution in [3.63, 3.8) is 0 Å². The number of rotatable bonds is 8. The summed E-state index contributed by atoms with van der Waals surface area (Å²) in [6.07, 6.45) is 2.84. The third kappa shape index (κ3) is 4.73. The van der Waals surface area contributed by atoms with Crippen LogP contribution in [-0.4, -0.2) is 32.0 Å². The lowest BCUT2D eigenvalue weighted by Crippen LogP contribution is -2.28. The van der Waals surface area contributed by atoms with E-state index in [0.717, 1.165) is 36.3 Å². The maximum Gasteiger partial charge on any atom is 0.319 e. The number of amides is 2. The lowest BCUT2D eigenvalue weighted by molar-refractivity contribution is -0.384. The Balaban J connectivity index is 1.98. The summed E-state index contributed by atoms with van der Waals surface area (Å²) in [5.41, 5.74) is 3.76. The number of nitrogens with one attached hydrogen (secondary N) is 2. The molecule has 9 heteroatoms. The first-order chi connectivity index (χ1) is 14.4. The van der Waals surface area contributed by atoms with Crippen molar-refractivity contribution < 1.29 is 9.72 Å². The topological polar surface area (TPSA) is 115 Å². The summed E-state index contributed by atoms with van der Waals surface area (Å²) in [5.74, 6) is 0.910. The summed E-state index contributed by atoms with van der Waals surface area (Å²) in [6, 6.07) is 8.09. The molecule has 0 saturated carbocycles. The number of nitro groups is 1. The van der Waals surface area contributed by atoms with Crippen molar-refractivity contribution in [2.24, 2.45) is 0 Å². The van der Waals surface area contributed by atoms with Crippen molar-refractivity contribution >= 4 is 28.6 Å². The number of urea groups is 1. The molecule has 0 aliphatic carbocycles. The van der Waals surface area contributed by atoms with Gasteiger partial charge in [-0.25, -0.2) is 14.8 Å². The second-order valence-electron chi connectivity index (χ2n) is 7.09. The number of hydrogen-bond donors (Lipinski definition) is 2. The van der Waals surface area contributed by atoms with Crippen molar-refractivity contribution in [3.05, 3.63) is 57.5 Å². The minimum Gasteiger partial charge on any atom is -0.338 e. The van der Waals surface area contributed by atoms with Gasteiger partial charge in [0.2, 0.25) is 0 Å². The highest BCUT2D eigenvalue weighted by atomic mass is 16.6. The number of aromatic nitrogens is 3. The van der Waals surface area contributed by atoms with E-state index in [1.165, 1.54) is 12.1 Å². The van der Waals surface area contributed by atoms with Crippen LogP contribution in [0.3, 0.4) is 0 Å². The molecule has 2 N–H and O–H groups in total. The van der Waals surface area contributed by atoms with Crippen LogP contribution in [0.4, 0.5) is 16.2 Å². The molecule has 9 nitrogen and oxygen atoms in total. The number of carbonyl (C=O) groups excluding carboxylic acids is 1. The van der Waals surface area contributed by atoms with Gasteiger partial charge in [-0.1, -0.05) is 25.5 Å². The fourth-order valence-corrected chi connectivity index (χ4v) is 3.24. The minimum absolute atomic E-state index is 0.0653. The molecule has 2 amide bonds. The second kappa shape index (κ2) is 9.34. The number of nitrogens with zero attached hydrogens (tertiary/aromatic N) is 4. The molecule has 0 saturated heterocycles. The number of carbonyl (C=O) groups is 1. The number of pyridine rings is 1. The maximum absolute atomic E-state index is 11.9. The molecule has 0 fully saturated rings. The van der Waals surface area contributed by atoms with Crippen molar-refractivity contribution in [1.82, 2.24) is 19.9 Å². The number of anilines is 1. The summed E-state index contributed by atoms with van der Waals surface area (Å²) < 4.78 is 2.05. The molecular formula is C21H26N6O3. The van der Waals surface area contributed by atoms with Gasteiger partial charge in [0.1, 0.15) is 11.3 Å². The van der Waals surface area contributed by atoms with Crippen molar-refractivity contribution in [1.29, 1.82) is 0 Å². The van der Waals surface area contributed by atoms with E-state index in [4.69, 9.17) is 9.97 Å². The van der Waals surface area contributed by atoms with E-state index >= 15 is 0 Å². The average molecular weight is 410 g/mol. The Bertz CT molecular complexity index is 1060. The van der Waals surface area contributed by atoms with Crippen LogP contribution >= 0.6 is 0 Å². The Labute approximate surface area is 174 Å². The normalized spacial score (nSPS) is 10.9. The highest BCUT2D eigenvalue weighted by molar-refractivity contribution is 5.92. The molecule has 3 rings (SSSR count). The highest BCUT2D eigenvalue weighted by Crippen LogP contribution is 2.24. The van der Waals surface area contributed by atoms with Crippen molar-refractivity contribution in [2.75, 3.05) is 11.9 Å². The number of nitro benzene ring substituents is 1. The van der Waals surface area contributed by atoms with E-state index in [2.05, 4.69) is 22.1 Å². The van der Waals surface area contributed by atoms with Gasteiger partial charge >= 0.3 is 6.03 Å². The number of fused-ring (bicyclic) bond motifs is 1. The summed E-state index contributed by atoms with van der Waals surface area (Å²) >= 11 is 0. The van der Waals surface area contributed by atoms with Crippen LogP contribution in [0.2, 0.25) is 0 Å². The summed E-state index contributed by atoms with van der Waals surface area (Å²) in [7, 11) is 0. The Kier molecular flexibility index (Phi) is 6.61. The van der Waals surface area contributed by atoms with E-state index < -0.39 is 4.92 Å². The van der Waals surface area contributed by atoms with Crippen LogP contribution in [0.1, 0.15) is 43.8 Å². The molecule has 2 heterocycles. The predicted octanol–water partition coefficient (Wildman–Crippen LogP) is 4.18. The van der Waals surface area contributed by atoms with E-state index in [0.29, 0.717) is 30.0 Å². The fourth-order valence-electron chi connectivity index (χ4n) is 3.24. The zero-order chi connectivity index (χ0) is 21.7. The smallest absolute Gasteiger partial charge is 0.319 e. The lowest BCUT2D eigenvalue weighted by Gasteiger charge is -2.11. The first-order valence-electron chi connectivity index (χ1n) is 10.1. The molecule has 0 unspecified atom stereocenters. The standard InChI is InChI=1S/C21H26N6O3/c1-4-6-7-19-24-18-12-17(25-21(28)22-5-2)14(3)23-20(18)26(19)13-15-8-10-16(11-9-15)27(29)30/h8-12H,4-7,13H2,1-3H3,(H2,22,25,28). The molecule has 1 aromatic carbocycles. The van der Waals surface area contributed by atoms with Gasteiger partial charge in [-0.2, -0.15) is 0 Å². The largest absolute Gasteiger partial charge is 0.338 e. The Morgan fingerprint density at radius 1 is 1.20 bits per heavy atom. The third-order valence-corrected chi connectivity index (χ3v) is 4.82. The van der Waals surface area contributed by atoms with E-state index in [-0.39, 0.29) is 11.7 Å². The number of unbranched alkanes of at least 4 members (excludes halogenated alkanes) is 1. The van der Waals surface area contributed by atoms with Crippen LogP contribution in [0.15, 0.2) is 30.3 Å². The second-order valence-corrected chi connectivity index (χ2v) is 7.09. The first kappa shape index (κ1) is 21.2. The molecule has 0 aliphatic heterocycles. The number of benzene rings is 1. The zero-order valence-electron chi connectivity index (χ0n) is 17.4. The number of imidazole rings is 1. The molecule has 2 aromatic heterocycles. The van der Waals surface area contributed by atoms with Crippen LogP contribution in [0, 0.1) is 17.0 Å². The van der Waals surface area contributed by atoms with E-state index in [1.54, 1.807) is 12.1 Å². The highest BCUT2D eigenvalue weighted by Gasteiger charge is 2.16. The van der Waals surface area contributed by atoms with Crippen molar-refractivity contribution in [3.8, 4) is 0 Å². The minimum atomic E-state index is -0.406. The molecule has 0 radical (unpaired) electrons. The quantitative estimate of drug-likeness (QED) is 0.427. The predicted molar refractivity (Wildman–Crippen MR) is 116 cm³/mol. The maximum atomic E-state index is 11.9. The van der Waals surface area contributed by atoms with Gasteiger partial charge in [0, 0.05) is 25.1 Å². The molecule has 0 atom stereocenters. The van der Waals surface area contributed by atoms with Gasteiger partial charge in [-0.3, -0.25) is 10.1 Å². The van der Waals surface area contributed by atoms with Crippen LogP contribution in [0.5, 0.6) is 0 Å². The third-order valence-electron chi connectivity index (χ3n) is 4.82. The van der Waals surface area contributed by atoms with Crippen LogP contribution < -0.4 is 10.6 Å². The average Bonchev–Trinajstić information content (AvgIpc) is 3.03. The van der Waals surface area contributed by atoms with E-state index in [9.17, 15) is 14.9 Å². The van der Waals surface area contributed by atoms with Gasteiger partial charge in [0.25, 0.3) is 5.69 Å². The van der Waals surface area contributed by atoms with Crippen molar-refractivity contribution in [2.45, 2.75) is 46.6 Å². The molecule has 0 spiro atoms. The van der Waals surface area contributed by atoms with Gasteiger partial charge < -0.3 is 15.2 Å². The lowest BCUT2D eigenvalue weighted by atomic mass is 10.2. The molecular weight excluding hydrogens is 384 g/mol. The molecule has 3 aromatic rings.